The van der Waals surface area contributed by atoms with Gasteiger partial charge in [-0.3, -0.25) is 0 Å². The van der Waals surface area contributed by atoms with E-state index in [1.807, 2.05) is 0 Å². The molecule has 0 amide bonds. The minimum atomic E-state index is 0.885. The Morgan fingerprint density at radius 1 is 0.425 bits per heavy atom. The van der Waals surface area contributed by atoms with E-state index in [0.29, 0.717) is 0 Å². The van der Waals surface area contributed by atoms with E-state index in [9.17, 15) is 0 Å². The molecule has 0 fully saturated rings. The maximum absolute atomic E-state index is 6.41. The van der Waals surface area contributed by atoms with Gasteiger partial charge in [0.15, 0.2) is 0 Å². The summed E-state index contributed by atoms with van der Waals surface area (Å²) >= 11 is 0. The van der Waals surface area contributed by atoms with Crippen LogP contribution in [0.25, 0.3) is 54.6 Å². The number of hydrogen-bond donors (Lipinski definition) is 0. The molecule has 8 rings (SSSR count). The van der Waals surface area contributed by atoms with E-state index in [1.165, 1.54) is 32.7 Å². The number of benzene rings is 7. The highest BCUT2D eigenvalue weighted by atomic mass is 16.3. The van der Waals surface area contributed by atoms with Gasteiger partial charge >= 0.3 is 0 Å². The Bertz CT molecular complexity index is 2150. The zero-order chi connectivity index (χ0) is 26.5. The molecule has 40 heavy (non-hydrogen) atoms. The lowest BCUT2D eigenvalue weighted by Gasteiger charge is -2.26. The molecule has 0 aliphatic carbocycles. The van der Waals surface area contributed by atoms with Crippen LogP contribution in [0.15, 0.2) is 156 Å². The predicted molar refractivity (Wildman–Crippen MR) is 169 cm³/mol. The van der Waals surface area contributed by atoms with Gasteiger partial charge in [-0.1, -0.05) is 103 Å². The molecule has 0 atom stereocenters. The second kappa shape index (κ2) is 9.14. The Labute approximate surface area is 232 Å². The van der Waals surface area contributed by atoms with Crippen molar-refractivity contribution in [2.24, 2.45) is 0 Å². The standard InChI is InChI=1S/C38H25NO/c1-2-14-30(15-3-1)39(31-22-20-27(21-23-31)33-17-8-13-26-10-6-7-16-32(26)33)35-18-9-19-36-38(35)34-24-28-11-4-5-12-29(28)25-37(34)40-36/h1-25H. The number of anilines is 3. The molecule has 2 heteroatoms. The maximum Gasteiger partial charge on any atom is 0.137 e. The van der Waals surface area contributed by atoms with Gasteiger partial charge in [0, 0.05) is 16.8 Å². The van der Waals surface area contributed by atoms with E-state index in [0.717, 1.165) is 39.0 Å². The highest BCUT2D eigenvalue weighted by Crippen LogP contribution is 2.44. The third-order valence-electron chi connectivity index (χ3n) is 7.82. The second-order valence-corrected chi connectivity index (χ2v) is 10.2. The molecule has 0 saturated carbocycles. The molecule has 0 aliphatic rings. The molecule has 2 nitrogen and oxygen atoms in total. The lowest BCUT2D eigenvalue weighted by atomic mass is 9.98. The molecule has 1 aromatic heterocycles. The summed E-state index contributed by atoms with van der Waals surface area (Å²) in [7, 11) is 0. The van der Waals surface area contributed by atoms with Gasteiger partial charge in [0.1, 0.15) is 11.2 Å². The normalized spacial score (nSPS) is 11.5. The number of furan rings is 1. The highest BCUT2D eigenvalue weighted by Gasteiger charge is 2.19. The fraction of sp³-hybridized carbons (Fsp3) is 0. The second-order valence-electron chi connectivity index (χ2n) is 10.2. The van der Waals surface area contributed by atoms with Crippen LogP contribution in [-0.2, 0) is 0 Å². The van der Waals surface area contributed by atoms with Crippen LogP contribution in [0.5, 0.6) is 0 Å². The highest BCUT2D eigenvalue weighted by molar-refractivity contribution is 6.16. The molecular formula is C38H25NO. The average Bonchev–Trinajstić information content (AvgIpc) is 3.39. The van der Waals surface area contributed by atoms with Gasteiger partial charge in [-0.15, -0.1) is 0 Å². The van der Waals surface area contributed by atoms with Gasteiger partial charge in [0.2, 0.25) is 0 Å². The van der Waals surface area contributed by atoms with Crippen molar-refractivity contribution in [3.05, 3.63) is 152 Å². The molecule has 8 aromatic rings. The van der Waals surface area contributed by atoms with Crippen LogP contribution in [-0.4, -0.2) is 0 Å². The summed E-state index contributed by atoms with van der Waals surface area (Å²) < 4.78 is 6.41. The average molecular weight is 512 g/mol. The van der Waals surface area contributed by atoms with Crippen molar-refractivity contribution in [3.8, 4) is 11.1 Å². The summed E-state index contributed by atoms with van der Waals surface area (Å²) in [6.45, 7) is 0. The zero-order valence-corrected chi connectivity index (χ0v) is 21.8. The molecule has 7 aromatic carbocycles. The topological polar surface area (TPSA) is 16.4 Å². The lowest BCUT2D eigenvalue weighted by molar-refractivity contribution is 0.669. The number of para-hydroxylation sites is 1. The summed E-state index contributed by atoms with van der Waals surface area (Å²) in [6, 6.07) is 53.8. The Balaban J connectivity index is 1.33. The first-order valence-corrected chi connectivity index (χ1v) is 13.6. The lowest BCUT2D eigenvalue weighted by Crippen LogP contribution is -2.10. The number of rotatable bonds is 4. The van der Waals surface area contributed by atoms with Gasteiger partial charge < -0.3 is 9.32 Å². The molecule has 0 bridgehead atoms. The quantitative estimate of drug-likeness (QED) is 0.234. The van der Waals surface area contributed by atoms with E-state index in [-0.39, 0.29) is 0 Å². The SMILES string of the molecule is c1ccc(N(c2ccc(-c3cccc4ccccc34)cc2)c2cccc3oc4cc5ccccc5cc4c23)cc1. The van der Waals surface area contributed by atoms with E-state index in [1.54, 1.807) is 0 Å². The molecule has 0 N–H and O–H groups in total. The molecular weight excluding hydrogens is 486 g/mol. The van der Waals surface area contributed by atoms with Crippen molar-refractivity contribution in [1.82, 2.24) is 0 Å². The fourth-order valence-electron chi connectivity index (χ4n) is 5.95. The Morgan fingerprint density at radius 2 is 1.07 bits per heavy atom. The van der Waals surface area contributed by atoms with Gasteiger partial charge in [-0.05, 0) is 81.2 Å². The van der Waals surface area contributed by atoms with E-state index >= 15 is 0 Å². The zero-order valence-electron chi connectivity index (χ0n) is 21.8. The summed E-state index contributed by atoms with van der Waals surface area (Å²) in [5, 5.41) is 7.14. The van der Waals surface area contributed by atoms with Crippen LogP contribution in [0.1, 0.15) is 0 Å². The molecule has 0 unspecified atom stereocenters. The van der Waals surface area contributed by atoms with Crippen molar-refractivity contribution in [2.75, 3.05) is 4.90 Å². The summed E-state index contributed by atoms with van der Waals surface area (Å²) in [5.74, 6) is 0. The summed E-state index contributed by atoms with van der Waals surface area (Å²) in [4.78, 5) is 2.33. The van der Waals surface area contributed by atoms with Crippen molar-refractivity contribution >= 4 is 60.5 Å². The third kappa shape index (κ3) is 3.65. The van der Waals surface area contributed by atoms with Gasteiger partial charge in [-0.25, -0.2) is 0 Å². The van der Waals surface area contributed by atoms with Gasteiger partial charge in [0.05, 0.1) is 11.1 Å². The van der Waals surface area contributed by atoms with Crippen molar-refractivity contribution in [2.45, 2.75) is 0 Å². The van der Waals surface area contributed by atoms with E-state index in [2.05, 4.69) is 157 Å². The van der Waals surface area contributed by atoms with Gasteiger partial charge in [0.25, 0.3) is 0 Å². The first-order valence-electron chi connectivity index (χ1n) is 13.6. The summed E-state index contributed by atoms with van der Waals surface area (Å²) in [5.41, 5.74) is 7.52. The van der Waals surface area contributed by atoms with Crippen LogP contribution >= 0.6 is 0 Å². The van der Waals surface area contributed by atoms with Crippen LogP contribution in [0.2, 0.25) is 0 Å². The molecule has 1 heterocycles. The van der Waals surface area contributed by atoms with E-state index < -0.39 is 0 Å². The van der Waals surface area contributed by atoms with Crippen LogP contribution < -0.4 is 4.90 Å². The third-order valence-corrected chi connectivity index (χ3v) is 7.82. The van der Waals surface area contributed by atoms with Gasteiger partial charge in [-0.2, -0.15) is 0 Å². The molecule has 0 radical (unpaired) electrons. The Kier molecular flexibility index (Phi) is 5.17. The molecule has 0 saturated heterocycles. The minimum Gasteiger partial charge on any atom is -0.456 e. The van der Waals surface area contributed by atoms with Crippen molar-refractivity contribution in [1.29, 1.82) is 0 Å². The van der Waals surface area contributed by atoms with Crippen molar-refractivity contribution in [3.63, 3.8) is 0 Å². The minimum absolute atomic E-state index is 0.885. The fourth-order valence-corrected chi connectivity index (χ4v) is 5.95. The van der Waals surface area contributed by atoms with Crippen LogP contribution in [0.3, 0.4) is 0 Å². The smallest absolute Gasteiger partial charge is 0.137 e. The van der Waals surface area contributed by atoms with Crippen molar-refractivity contribution < 1.29 is 4.42 Å². The summed E-state index contributed by atoms with van der Waals surface area (Å²) in [6.07, 6.45) is 0. The Hall–Kier alpha value is -5.34. The molecule has 0 spiro atoms. The monoisotopic (exact) mass is 511 g/mol. The molecule has 0 aliphatic heterocycles. The first-order chi connectivity index (χ1) is 19.8. The molecule has 188 valence electrons. The van der Waals surface area contributed by atoms with E-state index in [4.69, 9.17) is 4.42 Å². The number of hydrogen-bond acceptors (Lipinski definition) is 2. The number of nitrogens with zero attached hydrogens (tertiary/aromatic N) is 1. The predicted octanol–water partition coefficient (Wildman–Crippen LogP) is 11.0. The Morgan fingerprint density at radius 3 is 1.90 bits per heavy atom. The number of fused-ring (bicyclic) bond motifs is 5. The first kappa shape index (κ1) is 22.6. The maximum atomic E-state index is 6.41. The van der Waals surface area contributed by atoms with Crippen LogP contribution in [0, 0.1) is 0 Å². The largest absolute Gasteiger partial charge is 0.456 e. The van der Waals surface area contributed by atoms with Crippen LogP contribution in [0.4, 0.5) is 17.1 Å².